The fourth-order valence-electron chi connectivity index (χ4n) is 2.05. The van der Waals surface area contributed by atoms with E-state index in [4.69, 9.17) is 18.0 Å². The van der Waals surface area contributed by atoms with Gasteiger partial charge in [-0.25, -0.2) is 0 Å². The summed E-state index contributed by atoms with van der Waals surface area (Å²) in [5.41, 5.74) is 0.818. The molecule has 0 aliphatic heterocycles. The van der Waals surface area contributed by atoms with E-state index in [1.807, 2.05) is 24.3 Å². The highest BCUT2D eigenvalue weighted by atomic mass is 32.2. The number of benzene rings is 1. The predicted octanol–water partition coefficient (Wildman–Crippen LogP) is 3.68. The summed E-state index contributed by atoms with van der Waals surface area (Å²) < 4.78 is 21.5. The molecule has 4 rings (SSSR count). The summed E-state index contributed by atoms with van der Waals surface area (Å²) in [7, 11) is 1.62. The molecule has 126 valence electrons. The Balaban J connectivity index is 1.41. The summed E-state index contributed by atoms with van der Waals surface area (Å²) in [6, 6.07) is 10.9. The second-order valence-corrected chi connectivity index (χ2v) is 5.80. The first kappa shape index (κ1) is 15.5. The zero-order valence-corrected chi connectivity index (χ0v) is 13.9. The first-order chi connectivity index (χ1) is 12.3. The number of hydrogen-bond donors (Lipinski definition) is 0. The van der Waals surface area contributed by atoms with E-state index >= 15 is 0 Å². The van der Waals surface area contributed by atoms with Crippen LogP contribution in [0.1, 0.15) is 5.89 Å². The highest BCUT2D eigenvalue weighted by molar-refractivity contribution is 7.98. The average Bonchev–Trinajstić information content (AvgIpc) is 3.41. The van der Waals surface area contributed by atoms with E-state index in [0.717, 1.165) is 11.3 Å². The molecule has 0 atom stereocenters. The molecule has 0 spiro atoms. The van der Waals surface area contributed by atoms with Crippen LogP contribution < -0.4 is 4.74 Å². The molecular formula is C16H12N4O4S. The van der Waals surface area contributed by atoms with Gasteiger partial charge in [-0.2, -0.15) is 0 Å². The Morgan fingerprint density at radius 1 is 0.960 bits per heavy atom. The van der Waals surface area contributed by atoms with Gasteiger partial charge in [0.15, 0.2) is 5.76 Å². The molecule has 4 aromatic rings. The summed E-state index contributed by atoms with van der Waals surface area (Å²) in [5, 5.41) is 16.4. The Hall–Kier alpha value is -3.07. The second-order valence-electron chi connectivity index (χ2n) is 4.87. The zero-order chi connectivity index (χ0) is 17.1. The maximum Gasteiger partial charge on any atom is 0.283 e. The summed E-state index contributed by atoms with van der Waals surface area (Å²) in [4.78, 5) is 0. The van der Waals surface area contributed by atoms with Crippen LogP contribution >= 0.6 is 11.8 Å². The molecule has 9 heteroatoms. The van der Waals surface area contributed by atoms with Crippen LogP contribution in [0.2, 0.25) is 0 Å². The standard InChI is InChI=1S/C16H12N4O4S/c1-21-11-6-4-10(5-7-11)14-18-20-16(24-14)25-9-13-17-19-15(23-13)12-3-2-8-22-12/h2-8H,9H2,1H3. The normalized spacial score (nSPS) is 10.9. The van der Waals surface area contributed by atoms with Crippen molar-refractivity contribution in [2.75, 3.05) is 7.11 Å². The molecule has 1 aromatic carbocycles. The molecule has 0 amide bonds. The lowest BCUT2D eigenvalue weighted by Crippen LogP contribution is -1.82. The van der Waals surface area contributed by atoms with Crippen molar-refractivity contribution in [3.8, 4) is 28.9 Å². The Bertz CT molecular complexity index is 947. The lowest BCUT2D eigenvalue weighted by atomic mass is 10.2. The van der Waals surface area contributed by atoms with Gasteiger partial charge in [-0.3, -0.25) is 0 Å². The van der Waals surface area contributed by atoms with Gasteiger partial charge in [0, 0.05) is 5.56 Å². The Morgan fingerprint density at radius 2 is 1.80 bits per heavy atom. The van der Waals surface area contributed by atoms with Crippen LogP contribution in [-0.2, 0) is 5.75 Å². The number of furan rings is 1. The molecule has 0 radical (unpaired) electrons. The van der Waals surface area contributed by atoms with Crippen molar-refractivity contribution in [3.63, 3.8) is 0 Å². The van der Waals surface area contributed by atoms with E-state index in [1.54, 1.807) is 25.5 Å². The number of rotatable bonds is 6. The van der Waals surface area contributed by atoms with Crippen LogP contribution in [-0.4, -0.2) is 27.5 Å². The SMILES string of the molecule is COc1ccc(-c2nnc(SCc3nnc(-c4ccco4)o3)o2)cc1. The molecule has 0 saturated carbocycles. The quantitative estimate of drug-likeness (QED) is 0.479. The van der Waals surface area contributed by atoms with Crippen molar-refractivity contribution in [2.45, 2.75) is 11.0 Å². The topological polar surface area (TPSA) is 100 Å². The molecule has 3 aromatic heterocycles. The third kappa shape index (κ3) is 3.41. The molecule has 25 heavy (non-hydrogen) atoms. The van der Waals surface area contributed by atoms with Crippen LogP contribution in [0.3, 0.4) is 0 Å². The summed E-state index contributed by atoms with van der Waals surface area (Å²) in [6.07, 6.45) is 1.55. The highest BCUT2D eigenvalue weighted by Crippen LogP contribution is 2.27. The van der Waals surface area contributed by atoms with E-state index in [0.29, 0.717) is 34.4 Å². The van der Waals surface area contributed by atoms with Crippen molar-refractivity contribution in [1.29, 1.82) is 0 Å². The fourth-order valence-corrected chi connectivity index (χ4v) is 2.65. The molecule has 3 heterocycles. The first-order valence-corrected chi connectivity index (χ1v) is 8.27. The molecule has 0 aliphatic rings. The van der Waals surface area contributed by atoms with Crippen LogP contribution in [0.5, 0.6) is 5.75 Å². The third-order valence-corrected chi connectivity index (χ3v) is 4.06. The lowest BCUT2D eigenvalue weighted by molar-refractivity contribution is 0.414. The lowest BCUT2D eigenvalue weighted by Gasteiger charge is -1.99. The minimum absolute atomic E-state index is 0.338. The maximum atomic E-state index is 5.64. The summed E-state index contributed by atoms with van der Waals surface area (Å²) >= 11 is 1.32. The largest absolute Gasteiger partial charge is 0.497 e. The molecule has 8 nitrogen and oxygen atoms in total. The zero-order valence-electron chi connectivity index (χ0n) is 13.1. The van der Waals surface area contributed by atoms with Crippen molar-refractivity contribution in [2.24, 2.45) is 0 Å². The minimum atomic E-state index is 0.338. The van der Waals surface area contributed by atoms with Crippen molar-refractivity contribution < 1.29 is 18.0 Å². The Morgan fingerprint density at radius 3 is 2.56 bits per heavy atom. The van der Waals surface area contributed by atoms with Crippen LogP contribution in [0.15, 0.2) is 61.1 Å². The molecule has 0 bridgehead atoms. The Labute approximate surface area is 146 Å². The third-order valence-electron chi connectivity index (χ3n) is 3.26. The molecule has 0 fully saturated rings. The summed E-state index contributed by atoms with van der Waals surface area (Å²) in [5.74, 6) is 2.93. The number of methoxy groups -OCH3 is 1. The fraction of sp³-hybridized carbons (Fsp3) is 0.125. The van der Waals surface area contributed by atoms with Crippen LogP contribution in [0.4, 0.5) is 0 Å². The first-order valence-electron chi connectivity index (χ1n) is 7.29. The smallest absolute Gasteiger partial charge is 0.283 e. The minimum Gasteiger partial charge on any atom is -0.497 e. The highest BCUT2D eigenvalue weighted by Gasteiger charge is 2.14. The van der Waals surface area contributed by atoms with Gasteiger partial charge in [-0.1, -0.05) is 11.8 Å². The predicted molar refractivity (Wildman–Crippen MR) is 87.8 cm³/mol. The van der Waals surface area contributed by atoms with Gasteiger partial charge in [0.1, 0.15) is 5.75 Å². The van der Waals surface area contributed by atoms with Gasteiger partial charge in [-0.15, -0.1) is 20.4 Å². The van der Waals surface area contributed by atoms with E-state index < -0.39 is 0 Å². The number of aromatic nitrogens is 4. The number of nitrogens with zero attached hydrogens (tertiary/aromatic N) is 4. The van der Waals surface area contributed by atoms with Crippen LogP contribution in [0, 0.1) is 0 Å². The van der Waals surface area contributed by atoms with E-state index in [1.165, 1.54) is 11.8 Å². The van der Waals surface area contributed by atoms with Gasteiger partial charge in [0.05, 0.1) is 19.1 Å². The number of thioether (sulfide) groups is 1. The molecular weight excluding hydrogens is 344 g/mol. The summed E-state index contributed by atoms with van der Waals surface area (Å²) in [6.45, 7) is 0. The molecule has 0 saturated heterocycles. The van der Waals surface area contributed by atoms with E-state index in [9.17, 15) is 0 Å². The van der Waals surface area contributed by atoms with Gasteiger partial charge >= 0.3 is 0 Å². The van der Waals surface area contributed by atoms with Gasteiger partial charge in [0.25, 0.3) is 11.1 Å². The Kier molecular flexibility index (Phi) is 4.21. The monoisotopic (exact) mass is 356 g/mol. The maximum absolute atomic E-state index is 5.64. The van der Waals surface area contributed by atoms with Gasteiger partial charge in [0.2, 0.25) is 11.8 Å². The van der Waals surface area contributed by atoms with E-state index in [-0.39, 0.29) is 0 Å². The number of ether oxygens (including phenoxy) is 1. The molecule has 0 unspecified atom stereocenters. The van der Waals surface area contributed by atoms with Crippen LogP contribution in [0.25, 0.3) is 23.1 Å². The van der Waals surface area contributed by atoms with Gasteiger partial charge < -0.3 is 18.0 Å². The van der Waals surface area contributed by atoms with Gasteiger partial charge in [-0.05, 0) is 36.4 Å². The van der Waals surface area contributed by atoms with Crippen molar-refractivity contribution >= 4 is 11.8 Å². The van der Waals surface area contributed by atoms with Crippen molar-refractivity contribution in [1.82, 2.24) is 20.4 Å². The average molecular weight is 356 g/mol. The second kappa shape index (κ2) is 6.81. The number of hydrogen-bond acceptors (Lipinski definition) is 9. The van der Waals surface area contributed by atoms with E-state index in [2.05, 4.69) is 20.4 Å². The molecule has 0 aliphatic carbocycles. The molecule has 0 N–H and O–H groups in total. The van der Waals surface area contributed by atoms with Crippen molar-refractivity contribution in [3.05, 3.63) is 48.6 Å².